The summed E-state index contributed by atoms with van der Waals surface area (Å²) in [5, 5.41) is 10.7. The standard InChI is InChI=1S/C12H16N2O4/c1-3-13(9-12(15)18-2)8-10-5-4-6-11(7-10)14(16)17/h4-7H,3,8-9H2,1-2H3. The average molecular weight is 252 g/mol. The maximum atomic E-state index is 11.2. The number of esters is 1. The summed E-state index contributed by atoms with van der Waals surface area (Å²) < 4.78 is 4.59. The van der Waals surface area contributed by atoms with E-state index in [1.807, 2.05) is 11.8 Å². The molecule has 0 bridgehead atoms. The lowest BCUT2D eigenvalue weighted by molar-refractivity contribution is -0.384. The first-order valence-electron chi connectivity index (χ1n) is 5.59. The van der Waals surface area contributed by atoms with Gasteiger partial charge in [-0.05, 0) is 12.1 Å². The van der Waals surface area contributed by atoms with Crippen molar-refractivity contribution in [3.63, 3.8) is 0 Å². The van der Waals surface area contributed by atoms with Crippen LogP contribution in [-0.2, 0) is 16.1 Å². The largest absolute Gasteiger partial charge is 0.468 e. The number of hydrogen-bond donors (Lipinski definition) is 0. The van der Waals surface area contributed by atoms with Crippen molar-refractivity contribution in [2.75, 3.05) is 20.2 Å². The van der Waals surface area contributed by atoms with Crippen LogP contribution in [0.15, 0.2) is 24.3 Å². The van der Waals surface area contributed by atoms with Crippen LogP contribution < -0.4 is 0 Å². The van der Waals surface area contributed by atoms with Crippen molar-refractivity contribution in [1.82, 2.24) is 4.90 Å². The van der Waals surface area contributed by atoms with Crippen LogP contribution in [-0.4, -0.2) is 36.0 Å². The van der Waals surface area contributed by atoms with Crippen molar-refractivity contribution in [3.05, 3.63) is 39.9 Å². The molecule has 98 valence electrons. The van der Waals surface area contributed by atoms with Crippen LogP contribution in [0.25, 0.3) is 0 Å². The van der Waals surface area contributed by atoms with Gasteiger partial charge in [0.15, 0.2) is 0 Å². The molecule has 0 saturated carbocycles. The monoisotopic (exact) mass is 252 g/mol. The zero-order chi connectivity index (χ0) is 13.5. The second-order valence-corrected chi connectivity index (χ2v) is 3.81. The molecule has 0 N–H and O–H groups in total. The van der Waals surface area contributed by atoms with Gasteiger partial charge in [0.1, 0.15) is 0 Å². The van der Waals surface area contributed by atoms with E-state index >= 15 is 0 Å². The van der Waals surface area contributed by atoms with Crippen LogP contribution in [0, 0.1) is 10.1 Å². The van der Waals surface area contributed by atoms with Crippen LogP contribution in [0.4, 0.5) is 5.69 Å². The topological polar surface area (TPSA) is 72.7 Å². The Labute approximate surface area is 105 Å². The Morgan fingerprint density at radius 1 is 1.50 bits per heavy atom. The molecule has 0 spiro atoms. The summed E-state index contributed by atoms with van der Waals surface area (Å²) in [4.78, 5) is 23.2. The van der Waals surface area contributed by atoms with Crippen molar-refractivity contribution >= 4 is 11.7 Å². The van der Waals surface area contributed by atoms with Gasteiger partial charge in [-0.15, -0.1) is 0 Å². The van der Waals surface area contributed by atoms with E-state index in [-0.39, 0.29) is 18.2 Å². The Kier molecular flexibility index (Phi) is 5.26. The lowest BCUT2D eigenvalue weighted by Gasteiger charge is -2.18. The van der Waals surface area contributed by atoms with Crippen LogP contribution in [0.5, 0.6) is 0 Å². The first kappa shape index (κ1) is 14.1. The lowest BCUT2D eigenvalue weighted by atomic mass is 10.2. The Hall–Kier alpha value is -1.95. The number of carbonyl (C=O) groups excluding carboxylic acids is 1. The van der Waals surface area contributed by atoms with Gasteiger partial charge in [-0.2, -0.15) is 0 Å². The minimum Gasteiger partial charge on any atom is -0.468 e. The van der Waals surface area contributed by atoms with E-state index in [0.717, 1.165) is 5.56 Å². The van der Waals surface area contributed by atoms with Crippen LogP contribution in [0.3, 0.4) is 0 Å². The molecule has 0 amide bonds. The highest BCUT2D eigenvalue weighted by Gasteiger charge is 2.11. The molecule has 0 fully saturated rings. The number of methoxy groups -OCH3 is 1. The zero-order valence-electron chi connectivity index (χ0n) is 10.5. The molecule has 6 nitrogen and oxygen atoms in total. The zero-order valence-corrected chi connectivity index (χ0v) is 10.5. The normalized spacial score (nSPS) is 10.4. The number of nitro groups is 1. The highest BCUT2D eigenvalue weighted by Crippen LogP contribution is 2.14. The smallest absolute Gasteiger partial charge is 0.319 e. The summed E-state index contributed by atoms with van der Waals surface area (Å²) in [5.74, 6) is -0.317. The molecule has 0 aliphatic heterocycles. The first-order valence-corrected chi connectivity index (χ1v) is 5.59. The van der Waals surface area contributed by atoms with Crippen molar-refractivity contribution in [1.29, 1.82) is 0 Å². The van der Waals surface area contributed by atoms with Gasteiger partial charge in [0.05, 0.1) is 18.6 Å². The predicted molar refractivity (Wildman–Crippen MR) is 66.1 cm³/mol. The molecule has 0 aromatic heterocycles. The number of nitrogens with zero attached hydrogens (tertiary/aromatic N) is 2. The molecule has 1 rings (SSSR count). The summed E-state index contributed by atoms with van der Waals surface area (Å²) in [5.41, 5.74) is 0.858. The van der Waals surface area contributed by atoms with Gasteiger partial charge < -0.3 is 4.74 Å². The Morgan fingerprint density at radius 3 is 2.78 bits per heavy atom. The number of nitro benzene ring substituents is 1. The Morgan fingerprint density at radius 2 is 2.22 bits per heavy atom. The molecule has 1 aromatic rings. The fraction of sp³-hybridized carbons (Fsp3) is 0.417. The van der Waals surface area contributed by atoms with E-state index in [1.165, 1.54) is 19.2 Å². The van der Waals surface area contributed by atoms with Gasteiger partial charge in [-0.3, -0.25) is 19.8 Å². The fourth-order valence-electron chi connectivity index (χ4n) is 1.55. The minimum atomic E-state index is -0.430. The van der Waals surface area contributed by atoms with Gasteiger partial charge in [-0.1, -0.05) is 19.1 Å². The number of rotatable bonds is 6. The van der Waals surface area contributed by atoms with E-state index in [9.17, 15) is 14.9 Å². The van der Waals surface area contributed by atoms with Gasteiger partial charge in [0, 0.05) is 18.7 Å². The molecule has 1 aromatic carbocycles. The van der Waals surface area contributed by atoms with E-state index in [2.05, 4.69) is 4.74 Å². The maximum Gasteiger partial charge on any atom is 0.319 e. The third-order valence-corrected chi connectivity index (χ3v) is 2.56. The molecule has 18 heavy (non-hydrogen) atoms. The number of hydrogen-bond acceptors (Lipinski definition) is 5. The molecule has 0 unspecified atom stereocenters. The first-order chi connectivity index (χ1) is 8.56. The number of ether oxygens (including phenoxy) is 1. The van der Waals surface area contributed by atoms with Gasteiger partial charge >= 0.3 is 5.97 Å². The molecule has 0 heterocycles. The van der Waals surface area contributed by atoms with Crippen LogP contribution >= 0.6 is 0 Å². The Bertz CT molecular complexity index is 434. The molecular weight excluding hydrogens is 236 g/mol. The second kappa shape index (κ2) is 6.70. The van der Waals surface area contributed by atoms with Crippen LogP contribution in [0.2, 0.25) is 0 Å². The number of non-ortho nitro benzene ring substituents is 1. The highest BCUT2D eigenvalue weighted by molar-refractivity contribution is 5.71. The van der Waals surface area contributed by atoms with Gasteiger partial charge in [0.2, 0.25) is 0 Å². The number of carbonyl (C=O) groups is 1. The maximum absolute atomic E-state index is 11.2. The fourth-order valence-corrected chi connectivity index (χ4v) is 1.55. The third-order valence-electron chi connectivity index (χ3n) is 2.56. The quantitative estimate of drug-likeness (QED) is 0.436. The molecular formula is C12H16N2O4. The molecule has 0 aliphatic carbocycles. The number of likely N-dealkylation sites (N-methyl/N-ethyl adjacent to an activating group) is 1. The van der Waals surface area contributed by atoms with Crippen molar-refractivity contribution in [2.24, 2.45) is 0 Å². The average Bonchev–Trinajstić information content (AvgIpc) is 2.38. The second-order valence-electron chi connectivity index (χ2n) is 3.81. The van der Waals surface area contributed by atoms with E-state index in [4.69, 9.17) is 0 Å². The third kappa shape index (κ3) is 4.14. The Balaban J connectivity index is 2.72. The lowest BCUT2D eigenvalue weighted by Crippen LogP contribution is -2.29. The van der Waals surface area contributed by atoms with Crippen molar-refractivity contribution < 1.29 is 14.5 Å². The van der Waals surface area contributed by atoms with E-state index < -0.39 is 4.92 Å². The molecule has 0 radical (unpaired) electrons. The minimum absolute atomic E-state index is 0.0571. The molecule has 0 saturated heterocycles. The summed E-state index contributed by atoms with van der Waals surface area (Å²) in [6, 6.07) is 6.40. The van der Waals surface area contributed by atoms with Gasteiger partial charge in [-0.25, -0.2) is 0 Å². The molecule has 0 atom stereocenters. The highest BCUT2D eigenvalue weighted by atomic mass is 16.6. The summed E-state index contributed by atoms with van der Waals surface area (Å²) >= 11 is 0. The SMILES string of the molecule is CCN(CC(=O)OC)Cc1cccc([N+](=O)[O-])c1. The number of benzene rings is 1. The van der Waals surface area contributed by atoms with Crippen LogP contribution in [0.1, 0.15) is 12.5 Å². The summed E-state index contributed by atoms with van der Waals surface area (Å²) in [7, 11) is 1.34. The van der Waals surface area contributed by atoms with E-state index in [0.29, 0.717) is 13.1 Å². The van der Waals surface area contributed by atoms with Gasteiger partial charge in [0.25, 0.3) is 5.69 Å². The predicted octanol–water partition coefficient (Wildman–Crippen LogP) is 1.59. The van der Waals surface area contributed by atoms with Crippen molar-refractivity contribution in [2.45, 2.75) is 13.5 Å². The van der Waals surface area contributed by atoms with E-state index in [1.54, 1.807) is 12.1 Å². The summed E-state index contributed by atoms with van der Waals surface area (Å²) in [6.45, 7) is 3.24. The molecule has 6 heteroatoms. The molecule has 0 aliphatic rings. The summed E-state index contributed by atoms with van der Waals surface area (Å²) in [6.07, 6.45) is 0. The van der Waals surface area contributed by atoms with Crippen molar-refractivity contribution in [3.8, 4) is 0 Å².